The van der Waals surface area contributed by atoms with E-state index in [-0.39, 0.29) is 0 Å². The molecule has 1 aromatic rings. The lowest BCUT2D eigenvalue weighted by Crippen LogP contribution is -2.13. The second-order valence-corrected chi connectivity index (χ2v) is 5.42. The normalized spacial score (nSPS) is 10.3. The molecule has 0 unspecified atom stereocenters. The molecule has 0 heterocycles. The van der Waals surface area contributed by atoms with Gasteiger partial charge in [0, 0.05) is 0 Å². The zero-order chi connectivity index (χ0) is 8.97. The van der Waals surface area contributed by atoms with Gasteiger partial charge in [-0.05, 0) is 31.6 Å². The van der Waals surface area contributed by atoms with Gasteiger partial charge >= 0.3 is 0 Å². The topological polar surface area (TPSA) is 21.3 Å². The largest absolute Gasteiger partial charge is 0.326 e. The molecule has 0 saturated carbocycles. The monoisotopic (exact) mass is 181 g/mol. The molecule has 0 aliphatic rings. The number of benzene rings is 1. The van der Waals surface area contributed by atoms with Crippen LogP contribution in [0.5, 0.6) is 0 Å². The van der Waals surface area contributed by atoms with Crippen LogP contribution < -0.4 is 5.48 Å². The lowest BCUT2D eigenvalue weighted by atomic mass is 10.2. The first-order valence-electron chi connectivity index (χ1n) is 4.17. The van der Waals surface area contributed by atoms with E-state index in [4.69, 9.17) is 4.53 Å². The molecule has 12 heavy (non-hydrogen) atoms. The minimum absolute atomic E-state index is 0.972. The predicted octanol–water partition coefficient (Wildman–Crippen LogP) is 2.32. The molecular weight excluding hydrogens is 166 g/mol. The van der Waals surface area contributed by atoms with E-state index in [1.807, 2.05) is 18.2 Å². The maximum atomic E-state index is 5.40. The Labute approximate surface area is 75.2 Å². The summed E-state index contributed by atoms with van der Waals surface area (Å²) >= 11 is 0. The third kappa shape index (κ3) is 2.68. The second-order valence-electron chi connectivity index (χ2n) is 3.08. The molecule has 0 spiro atoms. The average Bonchev–Trinajstić information content (AvgIpc) is 2.03. The van der Waals surface area contributed by atoms with Crippen molar-refractivity contribution in [3.63, 3.8) is 0 Å². The standard InChI is InChI=1S/C9H15NOSi/c1-8-6-4-5-7-9(8)10-11-12(2)3/h4-7,10,12H,1-3H3. The molecule has 0 atom stereocenters. The fourth-order valence-corrected chi connectivity index (χ4v) is 1.23. The van der Waals surface area contributed by atoms with Crippen LogP contribution in [0.2, 0.25) is 13.1 Å². The first-order valence-corrected chi connectivity index (χ1v) is 6.95. The number of para-hydroxylation sites is 1. The van der Waals surface area contributed by atoms with E-state index in [9.17, 15) is 0 Å². The first kappa shape index (κ1) is 9.29. The van der Waals surface area contributed by atoms with Crippen LogP contribution in [0.15, 0.2) is 24.3 Å². The predicted molar refractivity (Wildman–Crippen MR) is 54.8 cm³/mol. The Morgan fingerprint density at radius 1 is 1.25 bits per heavy atom. The van der Waals surface area contributed by atoms with Crippen molar-refractivity contribution >= 4 is 14.7 Å². The van der Waals surface area contributed by atoms with Gasteiger partial charge in [0.2, 0.25) is 9.04 Å². The smallest absolute Gasteiger partial charge is 0.208 e. The van der Waals surface area contributed by atoms with Crippen LogP contribution >= 0.6 is 0 Å². The highest BCUT2D eigenvalue weighted by Gasteiger charge is 1.97. The van der Waals surface area contributed by atoms with Crippen LogP contribution in [-0.2, 0) is 4.53 Å². The van der Waals surface area contributed by atoms with Crippen molar-refractivity contribution in [1.29, 1.82) is 0 Å². The van der Waals surface area contributed by atoms with Crippen molar-refractivity contribution in [2.24, 2.45) is 0 Å². The van der Waals surface area contributed by atoms with Crippen molar-refractivity contribution in [3.05, 3.63) is 29.8 Å². The van der Waals surface area contributed by atoms with E-state index in [2.05, 4.69) is 31.6 Å². The molecule has 0 amide bonds. The lowest BCUT2D eigenvalue weighted by molar-refractivity contribution is 0.419. The molecule has 0 fully saturated rings. The average molecular weight is 181 g/mol. The maximum Gasteiger partial charge on any atom is 0.208 e. The minimum atomic E-state index is -0.972. The fraction of sp³-hybridized carbons (Fsp3) is 0.333. The van der Waals surface area contributed by atoms with E-state index in [0.29, 0.717) is 0 Å². The number of aryl methyl sites for hydroxylation is 1. The molecule has 0 saturated heterocycles. The van der Waals surface area contributed by atoms with Crippen molar-refractivity contribution in [2.45, 2.75) is 20.0 Å². The Morgan fingerprint density at radius 2 is 1.92 bits per heavy atom. The molecule has 1 rings (SSSR count). The van der Waals surface area contributed by atoms with Gasteiger partial charge in [-0.3, -0.25) is 5.48 Å². The number of anilines is 1. The number of hydrogen-bond acceptors (Lipinski definition) is 2. The van der Waals surface area contributed by atoms with Gasteiger partial charge in [0.25, 0.3) is 0 Å². The third-order valence-corrected chi connectivity index (χ3v) is 2.14. The SMILES string of the molecule is Cc1ccccc1NO[SiH](C)C. The maximum absolute atomic E-state index is 5.40. The van der Waals surface area contributed by atoms with Gasteiger partial charge in [-0.25, -0.2) is 0 Å². The Hall–Kier alpha value is -0.803. The summed E-state index contributed by atoms with van der Waals surface area (Å²) in [5, 5.41) is 0. The summed E-state index contributed by atoms with van der Waals surface area (Å²) in [6, 6.07) is 8.10. The van der Waals surface area contributed by atoms with Crippen LogP contribution in [0.1, 0.15) is 5.56 Å². The highest BCUT2D eigenvalue weighted by atomic mass is 28.3. The summed E-state index contributed by atoms with van der Waals surface area (Å²) in [6.45, 7) is 6.32. The summed E-state index contributed by atoms with van der Waals surface area (Å²) in [6.07, 6.45) is 0. The molecule has 1 aromatic carbocycles. The number of nitrogens with one attached hydrogen (secondary N) is 1. The molecule has 0 bridgehead atoms. The van der Waals surface area contributed by atoms with Gasteiger partial charge in [-0.1, -0.05) is 18.2 Å². The minimum Gasteiger partial charge on any atom is -0.326 e. The molecular formula is C9H15NOSi. The summed E-state index contributed by atoms with van der Waals surface area (Å²) in [5.74, 6) is 0. The van der Waals surface area contributed by atoms with Gasteiger partial charge in [-0.15, -0.1) is 0 Å². The Bertz CT molecular complexity index is 250. The van der Waals surface area contributed by atoms with E-state index < -0.39 is 9.04 Å². The van der Waals surface area contributed by atoms with Gasteiger partial charge < -0.3 is 4.53 Å². The van der Waals surface area contributed by atoms with Crippen molar-refractivity contribution < 1.29 is 4.53 Å². The van der Waals surface area contributed by atoms with E-state index in [0.717, 1.165) is 5.69 Å². The van der Waals surface area contributed by atoms with E-state index in [1.54, 1.807) is 0 Å². The van der Waals surface area contributed by atoms with Gasteiger partial charge in [-0.2, -0.15) is 0 Å². The van der Waals surface area contributed by atoms with Gasteiger partial charge in [0.15, 0.2) is 0 Å². The molecule has 3 heteroatoms. The summed E-state index contributed by atoms with van der Waals surface area (Å²) < 4.78 is 5.40. The van der Waals surface area contributed by atoms with Crippen LogP contribution in [0.3, 0.4) is 0 Å². The Morgan fingerprint density at radius 3 is 2.50 bits per heavy atom. The molecule has 66 valence electrons. The van der Waals surface area contributed by atoms with Crippen molar-refractivity contribution in [3.8, 4) is 0 Å². The van der Waals surface area contributed by atoms with Gasteiger partial charge in [0.1, 0.15) is 0 Å². The third-order valence-electron chi connectivity index (χ3n) is 1.55. The zero-order valence-electron chi connectivity index (χ0n) is 7.79. The van der Waals surface area contributed by atoms with Crippen LogP contribution in [-0.4, -0.2) is 9.04 Å². The van der Waals surface area contributed by atoms with E-state index in [1.165, 1.54) is 5.56 Å². The molecule has 1 N–H and O–H groups in total. The zero-order valence-corrected chi connectivity index (χ0v) is 8.95. The number of rotatable bonds is 3. The Balaban J connectivity index is 2.57. The second kappa shape index (κ2) is 4.28. The molecule has 0 aliphatic heterocycles. The first-order chi connectivity index (χ1) is 5.70. The molecule has 0 aromatic heterocycles. The molecule has 2 nitrogen and oxygen atoms in total. The van der Waals surface area contributed by atoms with Crippen molar-refractivity contribution in [2.75, 3.05) is 5.48 Å². The molecule has 0 aliphatic carbocycles. The van der Waals surface area contributed by atoms with Crippen LogP contribution in [0, 0.1) is 6.92 Å². The quantitative estimate of drug-likeness (QED) is 0.571. The summed E-state index contributed by atoms with van der Waals surface area (Å²) in [5.41, 5.74) is 5.26. The van der Waals surface area contributed by atoms with E-state index >= 15 is 0 Å². The van der Waals surface area contributed by atoms with Crippen molar-refractivity contribution in [1.82, 2.24) is 0 Å². The Kier molecular flexibility index (Phi) is 3.31. The highest BCUT2D eigenvalue weighted by molar-refractivity contribution is 6.48. The summed E-state index contributed by atoms with van der Waals surface area (Å²) in [4.78, 5) is 0. The summed E-state index contributed by atoms with van der Waals surface area (Å²) in [7, 11) is -0.972. The van der Waals surface area contributed by atoms with Crippen LogP contribution in [0.25, 0.3) is 0 Å². The number of hydrogen-bond donors (Lipinski definition) is 1. The fourth-order valence-electron chi connectivity index (χ4n) is 0.869. The lowest BCUT2D eigenvalue weighted by Gasteiger charge is -2.11. The van der Waals surface area contributed by atoms with Crippen LogP contribution in [0.4, 0.5) is 5.69 Å². The molecule has 0 radical (unpaired) electrons. The van der Waals surface area contributed by atoms with Gasteiger partial charge in [0.05, 0.1) is 5.69 Å². The highest BCUT2D eigenvalue weighted by Crippen LogP contribution is 2.12.